The maximum Gasteiger partial charge on any atom is 0.169 e. The molecule has 1 fully saturated rings. The molecule has 1 aliphatic carbocycles. The quantitative estimate of drug-likeness (QED) is 0.175. The summed E-state index contributed by atoms with van der Waals surface area (Å²) in [5.74, 6) is -1.67. The Balaban J connectivity index is 1.64. The molecule has 0 spiro atoms. The van der Waals surface area contributed by atoms with Crippen molar-refractivity contribution in [3.8, 4) is 11.5 Å². The van der Waals surface area contributed by atoms with Crippen LogP contribution in [0.15, 0.2) is 140 Å². The molecule has 0 bridgehead atoms. The first-order valence-corrected chi connectivity index (χ1v) is 15.2. The minimum atomic E-state index is -1.60. The number of carbonyl (C=O) groups is 2. The lowest BCUT2D eigenvalue weighted by Gasteiger charge is -2.51. The van der Waals surface area contributed by atoms with Crippen molar-refractivity contribution in [3.63, 3.8) is 0 Å². The molecule has 6 rings (SSSR count). The van der Waals surface area contributed by atoms with Crippen LogP contribution in [0.5, 0.6) is 11.5 Å². The Morgan fingerprint density at radius 3 is 1.53 bits per heavy atom. The van der Waals surface area contributed by atoms with Gasteiger partial charge in [-0.3, -0.25) is 9.59 Å². The topological polar surface area (TPSA) is 72.8 Å². The van der Waals surface area contributed by atoms with Crippen LogP contribution in [-0.4, -0.2) is 30.9 Å². The predicted octanol–water partition coefficient (Wildman–Crippen LogP) is 7.86. The highest BCUT2D eigenvalue weighted by Gasteiger charge is 2.58. The highest BCUT2D eigenvalue weighted by Crippen LogP contribution is 2.58. The number of Topliss-reactive ketones (excluding diaryl/α,β-unsaturated/α-hetero) is 2. The number of ether oxygens (including phenoxy) is 2. The van der Waals surface area contributed by atoms with Gasteiger partial charge >= 0.3 is 0 Å². The van der Waals surface area contributed by atoms with Crippen molar-refractivity contribution in [1.82, 2.24) is 0 Å². The van der Waals surface area contributed by atoms with Crippen molar-refractivity contribution in [1.29, 1.82) is 0 Å². The van der Waals surface area contributed by atoms with Gasteiger partial charge in [-0.2, -0.15) is 0 Å². The molecule has 1 aliphatic rings. The molecule has 0 aliphatic heterocycles. The van der Waals surface area contributed by atoms with Gasteiger partial charge in [0.1, 0.15) is 17.1 Å². The van der Waals surface area contributed by atoms with Crippen molar-refractivity contribution < 1.29 is 24.2 Å². The number of benzene rings is 5. The van der Waals surface area contributed by atoms with E-state index >= 15 is 0 Å². The summed E-state index contributed by atoms with van der Waals surface area (Å²) in [6, 6.07) is 42.9. The van der Waals surface area contributed by atoms with E-state index in [9.17, 15) is 14.7 Å². The van der Waals surface area contributed by atoms with Crippen molar-refractivity contribution in [3.05, 3.63) is 167 Å². The molecular formula is C40H36O5. The summed E-state index contributed by atoms with van der Waals surface area (Å²) < 4.78 is 10.9. The van der Waals surface area contributed by atoms with E-state index in [4.69, 9.17) is 9.47 Å². The number of hydrogen-bond acceptors (Lipinski definition) is 5. The second-order valence-corrected chi connectivity index (χ2v) is 11.6. The Morgan fingerprint density at radius 1 is 0.600 bits per heavy atom. The van der Waals surface area contributed by atoms with E-state index in [1.807, 2.05) is 127 Å². The van der Waals surface area contributed by atoms with Crippen LogP contribution in [0.2, 0.25) is 0 Å². The molecular weight excluding hydrogens is 560 g/mol. The van der Waals surface area contributed by atoms with Gasteiger partial charge < -0.3 is 14.6 Å². The van der Waals surface area contributed by atoms with Crippen LogP contribution in [-0.2, 0) is 5.60 Å². The van der Waals surface area contributed by atoms with Crippen LogP contribution in [0, 0.1) is 11.8 Å². The first-order chi connectivity index (χ1) is 21.9. The standard InChI is InChI=1S/C40H36O5/c1-44-32-22-18-27(19-23-32)34-26-40(43,31-16-10-5-11-17-31)37(39(42)30-14-8-4-9-15-30)35(28-20-24-33(45-2)25-21-28)36(34)38(41)29-12-6-3-7-13-29/h3-25,34-37,43H,26H2,1-2H3/t34-,35-,36-,37-,40+/m1/s1. The molecule has 45 heavy (non-hydrogen) atoms. The van der Waals surface area contributed by atoms with Gasteiger partial charge in [-0.1, -0.05) is 115 Å². The molecule has 226 valence electrons. The molecule has 5 atom stereocenters. The lowest BCUT2D eigenvalue weighted by molar-refractivity contribution is -0.0690. The van der Waals surface area contributed by atoms with Gasteiger partial charge in [-0.05, 0) is 53.3 Å². The van der Waals surface area contributed by atoms with Gasteiger partial charge in [0.05, 0.1) is 20.1 Å². The van der Waals surface area contributed by atoms with Gasteiger partial charge in [0.15, 0.2) is 11.6 Å². The molecule has 5 nitrogen and oxygen atoms in total. The highest BCUT2D eigenvalue weighted by atomic mass is 16.5. The average molecular weight is 597 g/mol. The van der Waals surface area contributed by atoms with E-state index in [1.54, 1.807) is 26.4 Å². The van der Waals surface area contributed by atoms with Crippen molar-refractivity contribution in [2.24, 2.45) is 11.8 Å². The number of rotatable bonds is 9. The van der Waals surface area contributed by atoms with Gasteiger partial charge in [0, 0.05) is 23.0 Å². The van der Waals surface area contributed by atoms with E-state index < -0.39 is 29.3 Å². The second kappa shape index (κ2) is 12.9. The van der Waals surface area contributed by atoms with Crippen LogP contribution in [0.4, 0.5) is 0 Å². The smallest absolute Gasteiger partial charge is 0.169 e. The molecule has 0 heterocycles. The summed E-state index contributed by atoms with van der Waals surface area (Å²) in [5, 5.41) is 13.1. The zero-order valence-electron chi connectivity index (χ0n) is 25.4. The summed E-state index contributed by atoms with van der Waals surface area (Å²) in [6.45, 7) is 0. The Morgan fingerprint density at radius 2 is 1.04 bits per heavy atom. The maximum absolute atomic E-state index is 14.8. The molecule has 5 aromatic rings. The van der Waals surface area contributed by atoms with Crippen molar-refractivity contribution in [2.75, 3.05) is 14.2 Å². The third-order valence-electron chi connectivity index (χ3n) is 9.25. The summed E-state index contributed by atoms with van der Waals surface area (Å²) in [6.07, 6.45) is 0.169. The molecule has 5 heteroatoms. The third-order valence-corrected chi connectivity index (χ3v) is 9.25. The molecule has 0 amide bonds. The molecule has 5 aromatic carbocycles. The number of ketones is 2. The van der Waals surface area contributed by atoms with Gasteiger partial charge in [-0.15, -0.1) is 0 Å². The largest absolute Gasteiger partial charge is 0.497 e. The zero-order valence-corrected chi connectivity index (χ0v) is 25.4. The number of methoxy groups -OCH3 is 2. The fraction of sp³-hybridized carbons (Fsp3) is 0.200. The van der Waals surface area contributed by atoms with Gasteiger partial charge in [0.25, 0.3) is 0 Å². The van der Waals surface area contributed by atoms with E-state index in [0.29, 0.717) is 28.2 Å². The SMILES string of the molecule is COc1ccc([C@@H]2[C@H](C(=O)c3ccccc3)[C@@H](c3ccc(OC)cc3)C[C@](O)(c3ccccc3)[C@H]2C(=O)c2ccccc2)cc1. The van der Waals surface area contributed by atoms with Gasteiger partial charge in [0.2, 0.25) is 0 Å². The molecule has 1 N–H and O–H groups in total. The van der Waals surface area contributed by atoms with E-state index in [-0.39, 0.29) is 18.0 Å². The normalized spacial score (nSPS) is 22.7. The van der Waals surface area contributed by atoms with E-state index in [1.165, 1.54) is 0 Å². The van der Waals surface area contributed by atoms with Crippen LogP contribution in [0.25, 0.3) is 0 Å². The minimum absolute atomic E-state index is 0.0711. The number of carbonyl (C=O) groups excluding carboxylic acids is 2. The lowest BCUT2D eigenvalue weighted by Crippen LogP contribution is -2.53. The number of hydrogen-bond donors (Lipinski definition) is 1. The van der Waals surface area contributed by atoms with Crippen molar-refractivity contribution in [2.45, 2.75) is 23.9 Å². The fourth-order valence-corrected chi connectivity index (χ4v) is 7.07. The lowest BCUT2D eigenvalue weighted by atomic mass is 9.52. The van der Waals surface area contributed by atoms with Crippen LogP contribution in [0.3, 0.4) is 0 Å². The Bertz CT molecular complexity index is 1730. The van der Waals surface area contributed by atoms with Crippen LogP contribution < -0.4 is 9.47 Å². The number of aliphatic hydroxyl groups is 1. The van der Waals surface area contributed by atoms with E-state index in [2.05, 4.69) is 0 Å². The summed E-state index contributed by atoms with van der Waals surface area (Å²) in [5.41, 5.74) is 1.77. The Hall–Kier alpha value is -5.00. The Labute approximate surface area is 264 Å². The zero-order chi connectivity index (χ0) is 31.4. The molecule has 0 saturated heterocycles. The monoisotopic (exact) mass is 596 g/mol. The summed E-state index contributed by atoms with van der Waals surface area (Å²) in [7, 11) is 3.22. The summed E-state index contributed by atoms with van der Waals surface area (Å²) in [4.78, 5) is 29.6. The second-order valence-electron chi connectivity index (χ2n) is 11.6. The first-order valence-electron chi connectivity index (χ1n) is 15.2. The first kappa shape index (κ1) is 30.0. The maximum atomic E-state index is 14.8. The van der Waals surface area contributed by atoms with Crippen LogP contribution in [0.1, 0.15) is 55.7 Å². The molecule has 1 saturated carbocycles. The summed E-state index contributed by atoms with van der Waals surface area (Å²) >= 11 is 0. The molecule has 0 aromatic heterocycles. The van der Waals surface area contributed by atoms with Crippen molar-refractivity contribution >= 4 is 11.6 Å². The highest BCUT2D eigenvalue weighted by molar-refractivity contribution is 6.03. The molecule has 0 unspecified atom stereocenters. The van der Waals surface area contributed by atoms with E-state index in [0.717, 1.165) is 11.1 Å². The minimum Gasteiger partial charge on any atom is -0.497 e. The Kier molecular flexibility index (Phi) is 8.63. The third kappa shape index (κ3) is 5.79. The predicted molar refractivity (Wildman–Crippen MR) is 175 cm³/mol. The van der Waals surface area contributed by atoms with Gasteiger partial charge in [-0.25, -0.2) is 0 Å². The molecule has 0 radical (unpaired) electrons. The van der Waals surface area contributed by atoms with Crippen LogP contribution >= 0.6 is 0 Å². The fourth-order valence-electron chi connectivity index (χ4n) is 7.07. The average Bonchev–Trinajstić information content (AvgIpc) is 3.12.